The number of aryl methyl sites for hydroxylation is 1. The first-order valence-corrected chi connectivity index (χ1v) is 6.05. The molecule has 96 valence electrons. The van der Waals surface area contributed by atoms with Crippen molar-refractivity contribution in [3.63, 3.8) is 0 Å². The zero-order chi connectivity index (χ0) is 13.0. The molecule has 5 nitrogen and oxygen atoms in total. The summed E-state index contributed by atoms with van der Waals surface area (Å²) < 4.78 is 4.73. The molecule has 0 atom stereocenters. The third-order valence-corrected chi connectivity index (χ3v) is 2.75. The Morgan fingerprint density at radius 3 is 2.67 bits per heavy atom. The zero-order valence-electron chi connectivity index (χ0n) is 10.3. The second-order valence-corrected chi connectivity index (χ2v) is 4.15. The predicted molar refractivity (Wildman–Crippen MR) is 66.0 cm³/mol. The van der Waals surface area contributed by atoms with Crippen molar-refractivity contribution in [2.75, 3.05) is 13.2 Å². The molecular weight excluding hydrogens is 232 g/mol. The SMILES string of the molecule is CCCc1ccc(C(=O)NN2CCOC2=O)cc1. The lowest BCUT2D eigenvalue weighted by Gasteiger charge is -2.13. The van der Waals surface area contributed by atoms with E-state index in [1.807, 2.05) is 12.1 Å². The van der Waals surface area contributed by atoms with Gasteiger partial charge in [0.05, 0.1) is 6.54 Å². The molecule has 0 saturated carbocycles. The zero-order valence-corrected chi connectivity index (χ0v) is 10.3. The number of amides is 2. The van der Waals surface area contributed by atoms with E-state index in [1.165, 1.54) is 10.6 Å². The van der Waals surface area contributed by atoms with E-state index in [1.54, 1.807) is 12.1 Å². The fourth-order valence-corrected chi connectivity index (χ4v) is 1.79. The molecule has 0 radical (unpaired) electrons. The molecular formula is C13H16N2O3. The number of nitrogens with one attached hydrogen (secondary N) is 1. The Morgan fingerprint density at radius 2 is 2.11 bits per heavy atom. The fourth-order valence-electron chi connectivity index (χ4n) is 1.79. The molecule has 0 spiro atoms. The molecule has 0 unspecified atom stereocenters. The summed E-state index contributed by atoms with van der Waals surface area (Å²) in [7, 11) is 0. The van der Waals surface area contributed by atoms with E-state index in [9.17, 15) is 9.59 Å². The number of benzene rings is 1. The monoisotopic (exact) mass is 248 g/mol. The van der Waals surface area contributed by atoms with E-state index in [2.05, 4.69) is 12.3 Å². The van der Waals surface area contributed by atoms with Gasteiger partial charge in [0.2, 0.25) is 0 Å². The van der Waals surface area contributed by atoms with Gasteiger partial charge in [0.1, 0.15) is 6.61 Å². The Kier molecular flexibility index (Phi) is 3.82. The molecule has 0 bridgehead atoms. The van der Waals surface area contributed by atoms with Gasteiger partial charge < -0.3 is 4.74 Å². The number of rotatable bonds is 4. The Bertz CT molecular complexity index is 442. The van der Waals surface area contributed by atoms with Crippen molar-refractivity contribution in [1.82, 2.24) is 10.4 Å². The van der Waals surface area contributed by atoms with Crippen LogP contribution in [-0.2, 0) is 11.2 Å². The van der Waals surface area contributed by atoms with Crippen LogP contribution in [0, 0.1) is 0 Å². The van der Waals surface area contributed by atoms with Gasteiger partial charge in [0.25, 0.3) is 5.91 Å². The molecule has 2 rings (SSSR count). The van der Waals surface area contributed by atoms with Gasteiger partial charge in [-0.25, -0.2) is 9.80 Å². The van der Waals surface area contributed by atoms with E-state index < -0.39 is 6.09 Å². The van der Waals surface area contributed by atoms with E-state index in [0.717, 1.165) is 12.8 Å². The molecule has 1 heterocycles. The lowest BCUT2D eigenvalue weighted by atomic mass is 10.1. The summed E-state index contributed by atoms with van der Waals surface area (Å²) in [6, 6.07) is 7.39. The topological polar surface area (TPSA) is 58.6 Å². The lowest BCUT2D eigenvalue weighted by molar-refractivity contribution is 0.0831. The van der Waals surface area contributed by atoms with Gasteiger partial charge in [-0.05, 0) is 24.1 Å². The minimum Gasteiger partial charge on any atom is -0.446 e. The molecule has 1 fully saturated rings. The summed E-state index contributed by atoms with van der Waals surface area (Å²) in [4.78, 5) is 23.0. The first-order chi connectivity index (χ1) is 8.70. The predicted octanol–water partition coefficient (Wildman–Crippen LogP) is 1.74. The highest BCUT2D eigenvalue weighted by atomic mass is 16.6. The van der Waals surface area contributed by atoms with Crippen molar-refractivity contribution >= 4 is 12.0 Å². The third-order valence-electron chi connectivity index (χ3n) is 2.75. The van der Waals surface area contributed by atoms with Crippen LogP contribution >= 0.6 is 0 Å². The van der Waals surface area contributed by atoms with Crippen molar-refractivity contribution in [2.24, 2.45) is 0 Å². The molecule has 2 amide bonds. The number of carbonyl (C=O) groups excluding carboxylic acids is 2. The van der Waals surface area contributed by atoms with Gasteiger partial charge in [-0.2, -0.15) is 0 Å². The standard InChI is InChI=1S/C13H16N2O3/c1-2-3-10-4-6-11(7-5-10)12(16)14-15-8-9-18-13(15)17/h4-7H,2-3,8-9H2,1H3,(H,14,16). The fraction of sp³-hybridized carbons (Fsp3) is 0.385. The first kappa shape index (κ1) is 12.4. The van der Waals surface area contributed by atoms with Crippen molar-refractivity contribution in [2.45, 2.75) is 19.8 Å². The number of hydrazine groups is 1. The van der Waals surface area contributed by atoms with Gasteiger partial charge in [0, 0.05) is 5.56 Å². The molecule has 1 aromatic rings. The maximum absolute atomic E-state index is 11.9. The molecule has 1 N–H and O–H groups in total. The van der Waals surface area contributed by atoms with Crippen LogP contribution in [0.2, 0.25) is 0 Å². The number of ether oxygens (including phenoxy) is 1. The molecule has 1 saturated heterocycles. The van der Waals surface area contributed by atoms with Crippen LogP contribution in [0.15, 0.2) is 24.3 Å². The van der Waals surface area contributed by atoms with Crippen molar-refractivity contribution < 1.29 is 14.3 Å². The van der Waals surface area contributed by atoms with Crippen LogP contribution < -0.4 is 5.43 Å². The average Bonchev–Trinajstić information content (AvgIpc) is 2.76. The van der Waals surface area contributed by atoms with Gasteiger partial charge in [-0.3, -0.25) is 10.2 Å². The molecule has 0 aromatic heterocycles. The van der Waals surface area contributed by atoms with E-state index in [-0.39, 0.29) is 5.91 Å². The number of hydrogen-bond donors (Lipinski definition) is 1. The van der Waals surface area contributed by atoms with Gasteiger partial charge in [-0.1, -0.05) is 25.5 Å². The van der Waals surface area contributed by atoms with Crippen LogP contribution in [0.1, 0.15) is 29.3 Å². The second-order valence-electron chi connectivity index (χ2n) is 4.15. The number of hydrogen-bond acceptors (Lipinski definition) is 3. The van der Waals surface area contributed by atoms with Crippen molar-refractivity contribution in [3.8, 4) is 0 Å². The summed E-state index contributed by atoms with van der Waals surface area (Å²) in [6.07, 6.45) is 1.57. The summed E-state index contributed by atoms with van der Waals surface area (Å²) in [5.41, 5.74) is 4.26. The molecule has 1 aliphatic rings. The average molecular weight is 248 g/mol. The van der Waals surface area contributed by atoms with Crippen LogP contribution in [0.4, 0.5) is 4.79 Å². The van der Waals surface area contributed by atoms with Crippen LogP contribution in [0.5, 0.6) is 0 Å². The Hall–Kier alpha value is -2.04. The third kappa shape index (κ3) is 2.80. The Balaban J connectivity index is 1.98. The molecule has 1 aliphatic heterocycles. The molecule has 5 heteroatoms. The van der Waals surface area contributed by atoms with E-state index in [0.29, 0.717) is 18.7 Å². The molecule has 1 aromatic carbocycles. The summed E-state index contributed by atoms with van der Waals surface area (Å²) in [5.74, 6) is -0.295. The molecule has 18 heavy (non-hydrogen) atoms. The first-order valence-electron chi connectivity index (χ1n) is 6.05. The highest BCUT2D eigenvalue weighted by molar-refractivity contribution is 5.95. The number of nitrogens with zero attached hydrogens (tertiary/aromatic N) is 1. The van der Waals surface area contributed by atoms with Crippen LogP contribution in [0.3, 0.4) is 0 Å². The highest BCUT2D eigenvalue weighted by Crippen LogP contribution is 2.07. The minimum absolute atomic E-state index is 0.295. The van der Waals surface area contributed by atoms with Gasteiger partial charge >= 0.3 is 6.09 Å². The molecule has 0 aliphatic carbocycles. The summed E-state index contributed by atoms with van der Waals surface area (Å²) in [6.45, 7) is 2.81. The normalized spacial score (nSPS) is 14.5. The maximum Gasteiger partial charge on any atom is 0.428 e. The van der Waals surface area contributed by atoms with Gasteiger partial charge in [-0.15, -0.1) is 0 Å². The second kappa shape index (κ2) is 5.53. The summed E-state index contributed by atoms with van der Waals surface area (Å²) in [5, 5.41) is 1.18. The highest BCUT2D eigenvalue weighted by Gasteiger charge is 2.23. The summed E-state index contributed by atoms with van der Waals surface area (Å²) >= 11 is 0. The van der Waals surface area contributed by atoms with Crippen LogP contribution in [-0.4, -0.2) is 30.2 Å². The lowest BCUT2D eigenvalue weighted by Crippen LogP contribution is -2.42. The minimum atomic E-state index is -0.508. The van der Waals surface area contributed by atoms with E-state index >= 15 is 0 Å². The van der Waals surface area contributed by atoms with Crippen molar-refractivity contribution in [1.29, 1.82) is 0 Å². The Labute approximate surface area is 106 Å². The largest absolute Gasteiger partial charge is 0.446 e. The van der Waals surface area contributed by atoms with Crippen LogP contribution in [0.25, 0.3) is 0 Å². The Morgan fingerprint density at radius 1 is 1.39 bits per heavy atom. The van der Waals surface area contributed by atoms with E-state index in [4.69, 9.17) is 4.74 Å². The van der Waals surface area contributed by atoms with Crippen molar-refractivity contribution in [3.05, 3.63) is 35.4 Å². The smallest absolute Gasteiger partial charge is 0.428 e. The maximum atomic E-state index is 11.9. The number of cyclic esters (lactones) is 1. The van der Waals surface area contributed by atoms with Gasteiger partial charge in [0.15, 0.2) is 0 Å². The number of carbonyl (C=O) groups is 2. The quantitative estimate of drug-likeness (QED) is 0.882.